The third-order valence-corrected chi connectivity index (χ3v) is 5.54. The molecule has 1 aliphatic rings. The fourth-order valence-corrected chi connectivity index (χ4v) is 4.20. The van der Waals surface area contributed by atoms with E-state index >= 15 is 0 Å². The van der Waals surface area contributed by atoms with Crippen LogP contribution in [-0.2, 0) is 14.8 Å². The van der Waals surface area contributed by atoms with Crippen LogP contribution in [0.25, 0.3) is 11.0 Å². The number of carboxylic acid groups (broad SMARTS) is 1. The van der Waals surface area contributed by atoms with Crippen LogP contribution in [0.5, 0.6) is 0 Å². The summed E-state index contributed by atoms with van der Waals surface area (Å²) >= 11 is 0. The second-order valence-corrected chi connectivity index (χ2v) is 6.98. The number of rotatable bonds is 3. The number of aromatic nitrogens is 3. The summed E-state index contributed by atoms with van der Waals surface area (Å²) in [7, 11) is -4.11. The Balaban J connectivity index is 2.14. The van der Waals surface area contributed by atoms with Gasteiger partial charge in [0.15, 0.2) is 0 Å². The topological polar surface area (TPSA) is 153 Å². The Kier molecular flexibility index (Phi) is 3.53. The predicted molar refractivity (Wildman–Crippen MR) is 77.5 cm³/mol. The van der Waals surface area contributed by atoms with Crippen LogP contribution in [0.15, 0.2) is 26.7 Å². The van der Waals surface area contributed by atoms with Crippen LogP contribution >= 0.6 is 0 Å². The monoisotopic (exact) mass is 340 g/mol. The fourth-order valence-electron chi connectivity index (χ4n) is 2.58. The predicted octanol–water partition coefficient (Wildman–Crippen LogP) is -1.15. The lowest BCUT2D eigenvalue weighted by atomic mass is 10.2. The number of carboxylic acids is 1. The summed E-state index contributed by atoms with van der Waals surface area (Å²) in [5.74, 6) is -1.22. The molecule has 1 fully saturated rings. The molecule has 0 bridgehead atoms. The number of hydrogen-bond donors (Lipinski definition) is 3. The summed E-state index contributed by atoms with van der Waals surface area (Å²) in [4.78, 5) is 41.8. The maximum Gasteiger partial charge on any atom is 0.327 e. The smallest absolute Gasteiger partial charge is 0.327 e. The molecule has 3 N–H and O–H groups in total. The van der Waals surface area contributed by atoms with E-state index < -0.39 is 33.3 Å². The SMILES string of the molecule is O=C(O)[C@@H]1CCCN1S(=O)(=O)c1cnc2[nH]c(=O)[nH]c(=O)c2c1. The van der Waals surface area contributed by atoms with Crippen LogP contribution in [-0.4, -0.2) is 51.3 Å². The van der Waals surface area contributed by atoms with Gasteiger partial charge in [-0.25, -0.2) is 18.2 Å². The van der Waals surface area contributed by atoms with Gasteiger partial charge in [-0.05, 0) is 18.9 Å². The highest BCUT2D eigenvalue weighted by atomic mass is 32.2. The normalized spacial score (nSPS) is 19.2. The molecule has 122 valence electrons. The number of pyridine rings is 1. The van der Waals surface area contributed by atoms with Crippen molar-refractivity contribution in [3.8, 4) is 0 Å². The van der Waals surface area contributed by atoms with E-state index in [2.05, 4.69) is 9.97 Å². The van der Waals surface area contributed by atoms with E-state index in [1.807, 2.05) is 4.98 Å². The lowest BCUT2D eigenvalue weighted by molar-refractivity contribution is -0.140. The van der Waals surface area contributed by atoms with Crippen LogP contribution in [0.4, 0.5) is 0 Å². The van der Waals surface area contributed by atoms with Gasteiger partial charge < -0.3 is 5.11 Å². The summed E-state index contributed by atoms with van der Waals surface area (Å²) in [5, 5.41) is 9.02. The lowest BCUT2D eigenvalue weighted by Crippen LogP contribution is -2.40. The molecule has 0 radical (unpaired) electrons. The first-order valence-electron chi connectivity index (χ1n) is 6.68. The van der Waals surface area contributed by atoms with Crippen LogP contribution in [0.2, 0.25) is 0 Å². The van der Waals surface area contributed by atoms with E-state index in [1.54, 1.807) is 0 Å². The number of fused-ring (bicyclic) bond motifs is 1. The Labute approximate surface area is 128 Å². The van der Waals surface area contributed by atoms with Crippen molar-refractivity contribution in [1.29, 1.82) is 0 Å². The molecule has 3 heterocycles. The first kappa shape index (κ1) is 15.4. The van der Waals surface area contributed by atoms with E-state index in [9.17, 15) is 22.8 Å². The van der Waals surface area contributed by atoms with Crippen molar-refractivity contribution in [3.63, 3.8) is 0 Å². The molecule has 11 heteroatoms. The molecule has 2 aromatic heterocycles. The zero-order chi connectivity index (χ0) is 16.8. The minimum atomic E-state index is -4.11. The minimum absolute atomic E-state index is 0.0473. The molecule has 2 aromatic rings. The highest BCUT2D eigenvalue weighted by Gasteiger charge is 2.39. The third-order valence-electron chi connectivity index (χ3n) is 3.66. The van der Waals surface area contributed by atoms with Gasteiger partial charge in [-0.2, -0.15) is 4.31 Å². The van der Waals surface area contributed by atoms with Crippen molar-refractivity contribution >= 4 is 27.0 Å². The number of hydrogen-bond acceptors (Lipinski definition) is 6. The number of aromatic amines is 2. The maximum atomic E-state index is 12.6. The number of aliphatic carboxylic acids is 1. The van der Waals surface area contributed by atoms with E-state index in [0.717, 1.165) is 16.6 Å². The number of nitrogens with zero attached hydrogens (tertiary/aromatic N) is 2. The first-order chi connectivity index (χ1) is 10.8. The molecule has 1 saturated heterocycles. The summed E-state index contributed by atoms with van der Waals surface area (Å²) < 4.78 is 26.1. The van der Waals surface area contributed by atoms with E-state index in [-0.39, 0.29) is 28.9 Å². The molecule has 23 heavy (non-hydrogen) atoms. The van der Waals surface area contributed by atoms with Crippen molar-refractivity contribution in [1.82, 2.24) is 19.3 Å². The zero-order valence-corrected chi connectivity index (χ0v) is 12.5. The Bertz CT molecular complexity index is 1010. The van der Waals surface area contributed by atoms with Gasteiger partial charge in [-0.3, -0.25) is 19.6 Å². The van der Waals surface area contributed by atoms with Crippen LogP contribution < -0.4 is 11.2 Å². The molecule has 0 spiro atoms. The molecule has 0 aliphatic carbocycles. The minimum Gasteiger partial charge on any atom is -0.480 e. The van der Waals surface area contributed by atoms with Crippen molar-refractivity contribution in [3.05, 3.63) is 33.1 Å². The van der Waals surface area contributed by atoms with Crippen molar-refractivity contribution in [2.45, 2.75) is 23.8 Å². The highest BCUT2D eigenvalue weighted by molar-refractivity contribution is 7.89. The summed E-state index contributed by atoms with van der Waals surface area (Å²) in [6, 6.07) is -0.0616. The van der Waals surface area contributed by atoms with Gasteiger partial charge in [-0.1, -0.05) is 0 Å². The molecule has 3 rings (SSSR count). The molecule has 10 nitrogen and oxygen atoms in total. The second kappa shape index (κ2) is 5.28. The quantitative estimate of drug-likeness (QED) is 0.637. The largest absolute Gasteiger partial charge is 0.480 e. The molecular formula is C12H12N4O6S. The lowest BCUT2D eigenvalue weighted by Gasteiger charge is -2.20. The van der Waals surface area contributed by atoms with Gasteiger partial charge in [0.05, 0.1) is 5.39 Å². The van der Waals surface area contributed by atoms with E-state index in [1.165, 1.54) is 0 Å². The molecule has 1 atom stereocenters. The Morgan fingerprint density at radius 2 is 2.09 bits per heavy atom. The number of sulfonamides is 1. The molecule has 0 unspecified atom stereocenters. The van der Waals surface area contributed by atoms with Crippen molar-refractivity contribution in [2.24, 2.45) is 0 Å². The van der Waals surface area contributed by atoms with Crippen molar-refractivity contribution < 1.29 is 18.3 Å². The molecular weight excluding hydrogens is 328 g/mol. The van der Waals surface area contributed by atoms with Gasteiger partial charge in [0.1, 0.15) is 16.6 Å². The van der Waals surface area contributed by atoms with Gasteiger partial charge in [-0.15, -0.1) is 0 Å². The van der Waals surface area contributed by atoms with E-state index in [0.29, 0.717) is 6.42 Å². The molecule has 0 amide bonds. The summed E-state index contributed by atoms with van der Waals surface area (Å²) in [6.07, 6.45) is 1.65. The van der Waals surface area contributed by atoms with E-state index in [4.69, 9.17) is 5.11 Å². The maximum absolute atomic E-state index is 12.6. The molecule has 1 aliphatic heterocycles. The Morgan fingerprint density at radius 1 is 1.35 bits per heavy atom. The van der Waals surface area contributed by atoms with Gasteiger partial charge >= 0.3 is 11.7 Å². The Hall–Kier alpha value is -2.53. The number of H-pyrrole nitrogens is 2. The molecule has 0 aromatic carbocycles. The van der Waals surface area contributed by atoms with Crippen molar-refractivity contribution in [2.75, 3.05) is 6.54 Å². The number of nitrogens with one attached hydrogen (secondary N) is 2. The Morgan fingerprint density at radius 3 is 2.78 bits per heavy atom. The van der Waals surface area contributed by atoms with Crippen LogP contribution in [0.1, 0.15) is 12.8 Å². The van der Waals surface area contributed by atoms with Gasteiger partial charge in [0, 0.05) is 12.7 Å². The van der Waals surface area contributed by atoms with Gasteiger partial charge in [0.25, 0.3) is 5.56 Å². The average molecular weight is 340 g/mol. The standard InChI is InChI=1S/C12H12N4O6S/c17-10-7-4-6(5-13-9(7)14-12(20)15-10)23(21,22)16-3-1-2-8(16)11(18)19/h4-5,8H,1-3H2,(H,18,19)(H2,13,14,15,17,20)/t8-/m0/s1. The number of carbonyl (C=O) groups is 1. The highest BCUT2D eigenvalue weighted by Crippen LogP contribution is 2.26. The summed E-state index contributed by atoms with van der Waals surface area (Å²) in [6.45, 7) is 0.0827. The molecule has 0 saturated carbocycles. The summed E-state index contributed by atoms with van der Waals surface area (Å²) in [5.41, 5.74) is -1.57. The van der Waals surface area contributed by atoms with Crippen LogP contribution in [0, 0.1) is 0 Å². The van der Waals surface area contributed by atoms with Gasteiger partial charge in [0.2, 0.25) is 10.0 Å². The van der Waals surface area contributed by atoms with Crippen LogP contribution in [0.3, 0.4) is 0 Å². The fraction of sp³-hybridized carbons (Fsp3) is 0.333. The zero-order valence-electron chi connectivity index (χ0n) is 11.6. The first-order valence-corrected chi connectivity index (χ1v) is 8.12. The third kappa shape index (κ3) is 2.53. The second-order valence-electron chi connectivity index (χ2n) is 5.09. The average Bonchev–Trinajstić information content (AvgIpc) is 2.97.